The van der Waals surface area contributed by atoms with E-state index in [1.54, 1.807) is 0 Å². The Balaban J connectivity index is 1.53. The molecule has 22 heavy (non-hydrogen) atoms. The second kappa shape index (κ2) is 6.48. The summed E-state index contributed by atoms with van der Waals surface area (Å²) in [5, 5.41) is 4.23. The molecule has 0 bridgehead atoms. The summed E-state index contributed by atoms with van der Waals surface area (Å²) in [5.74, 6) is 0.0745. The minimum atomic E-state index is 0.0745. The highest BCUT2D eigenvalue weighted by Crippen LogP contribution is 2.17. The highest BCUT2D eigenvalue weighted by molar-refractivity contribution is 5.83. The maximum absolute atomic E-state index is 12.0. The third kappa shape index (κ3) is 3.37. The van der Waals surface area contributed by atoms with Gasteiger partial charge in [0.1, 0.15) is 0 Å². The van der Waals surface area contributed by atoms with E-state index in [1.165, 1.54) is 16.5 Å². The SMILES string of the molecule is Cc1cccc(CC(=O)NCCc2c[nH]c3ccccc23)c1. The molecule has 1 amide bonds. The number of amides is 1. The summed E-state index contributed by atoms with van der Waals surface area (Å²) in [7, 11) is 0. The zero-order valence-corrected chi connectivity index (χ0v) is 12.7. The molecule has 2 aromatic carbocycles. The number of nitrogens with one attached hydrogen (secondary N) is 2. The summed E-state index contributed by atoms with van der Waals surface area (Å²) in [6.45, 7) is 2.70. The van der Waals surface area contributed by atoms with E-state index >= 15 is 0 Å². The average molecular weight is 292 g/mol. The van der Waals surface area contributed by atoms with E-state index in [2.05, 4.69) is 28.5 Å². The molecule has 0 fully saturated rings. The number of aryl methyl sites for hydroxylation is 1. The Labute approximate surface area is 130 Å². The number of aromatic nitrogens is 1. The molecular weight excluding hydrogens is 272 g/mol. The van der Waals surface area contributed by atoms with Crippen LogP contribution >= 0.6 is 0 Å². The zero-order chi connectivity index (χ0) is 15.4. The molecule has 0 aliphatic rings. The lowest BCUT2D eigenvalue weighted by atomic mass is 10.1. The standard InChI is InChI=1S/C19H20N2O/c1-14-5-4-6-15(11-14)12-19(22)20-10-9-16-13-21-18-8-3-2-7-17(16)18/h2-8,11,13,21H,9-10,12H2,1H3,(H,20,22). The van der Waals surface area contributed by atoms with Crippen molar-refractivity contribution in [3.63, 3.8) is 0 Å². The van der Waals surface area contributed by atoms with E-state index in [0.29, 0.717) is 13.0 Å². The van der Waals surface area contributed by atoms with Crippen LogP contribution < -0.4 is 5.32 Å². The lowest BCUT2D eigenvalue weighted by Crippen LogP contribution is -2.27. The predicted molar refractivity (Wildman–Crippen MR) is 89.9 cm³/mol. The first-order valence-electron chi connectivity index (χ1n) is 7.59. The van der Waals surface area contributed by atoms with Gasteiger partial charge in [0.25, 0.3) is 0 Å². The highest BCUT2D eigenvalue weighted by atomic mass is 16.1. The van der Waals surface area contributed by atoms with E-state index in [-0.39, 0.29) is 5.91 Å². The van der Waals surface area contributed by atoms with Crippen molar-refractivity contribution in [1.29, 1.82) is 0 Å². The van der Waals surface area contributed by atoms with Crippen LogP contribution in [0.15, 0.2) is 54.7 Å². The number of fused-ring (bicyclic) bond motifs is 1. The lowest BCUT2D eigenvalue weighted by Gasteiger charge is -2.05. The Morgan fingerprint density at radius 3 is 2.86 bits per heavy atom. The number of para-hydroxylation sites is 1. The Morgan fingerprint density at radius 1 is 1.14 bits per heavy atom. The molecule has 112 valence electrons. The monoisotopic (exact) mass is 292 g/mol. The van der Waals surface area contributed by atoms with Crippen LogP contribution in [0.5, 0.6) is 0 Å². The Bertz CT molecular complexity index is 789. The Morgan fingerprint density at radius 2 is 2.00 bits per heavy atom. The van der Waals surface area contributed by atoms with E-state index in [0.717, 1.165) is 17.5 Å². The molecular formula is C19H20N2O. The molecule has 3 aromatic rings. The van der Waals surface area contributed by atoms with Gasteiger partial charge in [0.05, 0.1) is 6.42 Å². The van der Waals surface area contributed by atoms with Gasteiger partial charge in [-0.1, -0.05) is 48.0 Å². The molecule has 0 unspecified atom stereocenters. The van der Waals surface area contributed by atoms with Crippen LogP contribution in [0.25, 0.3) is 10.9 Å². The molecule has 3 rings (SSSR count). The van der Waals surface area contributed by atoms with Crippen molar-refractivity contribution in [2.75, 3.05) is 6.54 Å². The maximum atomic E-state index is 12.0. The van der Waals surface area contributed by atoms with Crippen LogP contribution in [-0.2, 0) is 17.6 Å². The molecule has 0 saturated carbocycles. The fraction of sp³-hybridized carbons (Fsp3) is 0.211. The molecule has 0 radical (unpaired) electrons. The van der Waals surface area contributed by atoms with Crippen LogP contribution in [0.3, 0.4) is 0 Å². The number of H-pyrrole nitrogens is 1. The second-order valence-corrected chi connectivity index (χ2v) is 5.63. The summed E-state index contributed by atoms with van der Waals surface area (Å²) in [6, 6.07) is 16.3. The van der Waals surface area contributed by atoms with E-state index in [9.17, 15) is 4.79 Å². The molecule has 1 heterocycles. The largest absolute Gasteiger partial charge is 0.361 e. The van der Waals surface area contributed by atoms with Gasteiger partial charge in [-0.05, 0) is 30.5 Å². The first kappa shape index (κ1) is 14.4. The third-order valence-electron chi connectivity index (χ3n) is 3.84. The molecule has 0 atom stereocenters. The molecule has 2 N–H and O–H groups in total. The van der Waals surface area contributed by atoms with Crippen LogP contribution in [0, 0.1) is 6.92 Å². The van der Waals surface area contributed by atoms with Gasteiger partial charge >= 0.3 is 0 Å². The number of hydrogen-bond acceptors (Lipinski definition) is 1. The maximum Gasteiger partial charge on any atom is 0.224 e. The van der Waals surface area contributed by atoms with Gasteiger partial charge < -0.3 is 10.3 Å². The fourth-order valence-corrected chi connectivity index (χ4v) is 2.75. The Kier molecular flexibility index (Phi) is 4.24. The highest BCUT2D eigenvalue weighted by Gasteiger charge is 2.05. The summed E-state index contributed by atoms with van der Waals surface area (Å²) in [5.41, 5.74) is 4.63. The molecule has 0 saturated heterocycles. The van der Waals surface area contributed by atoms with Crippen LogP contribution in [-0.4, -0.2) is 17.4 Å². The van der Waals surface area contributed by atoms with E-state index < -0.39 is 0 Å². The van der Waals surface area contributed by atoms with Crippen molar-refractivity contribution in [2.45, 2.75) is 19.8 Å². The van der Waals surface area contributed by atoms with Crippen molar-refractivity contribution in [3.8, 4) is 0 Å². The molecule has 0 aliphatic heterocycles. The Hall–Kier alpha value is -2.55. The van der Waals surface area contributed by atoms with Gasteiger partial charge in [0, 0.05) is 23.6 Å². The number of carbonyl (C=O) groups is 1. The smallest absolute Gasteiger partial charge is 0.224 e. The molecule has 1 aromatic heterocycles. The summed E-state index contributed by atoms with van der Waals surface area (Å²) in [6.07, 6.45) is 3.30. The summed E-state index contributed by atoms with van der Waals surface area (Å²) in [4.78, 5) is 15.3. The first-order chi connectivity index (χ1) is 10.7. The predicted octanol–water partition coefficient (Wildman–Crippen LogP) is 3.38. The minimum Gasteiger partial charge on any atom is -0.361 e. The van der Waals surface area contributed by atoms with Crippen molar-refractivity contribution in [1.82, 2.24) is 10.3 Å². The number of carbonyl (C=O) groups excluding carboxylic acids is 1. The van der Waals surface area contributed by atoms with Crippen LogP contribution in [0.1, 0.15) is 16.7 Å². The van der Waals surface area contributed by atoms with Crippen molar-refractivity contribution in [3.05, 3.63) is 71.4 Å². The normalized spacial score (nSPS) is 10.8. The van der Waals surface area contributed by atoms with Gasteiger partial charge in [0.15, 0.2) is 0 Å². The number of aromatic amines is 1. The third-order valence-corrected chi connectivity index (χ3v) is 3.84. The van der Waals surface area contributed by atoms with Gasteiger partial charge in [-0.3, -0.25) is 4.79 Å². The fourth-order valence-electron chi connectivity index (χ4n) is 2.75. The number of benzene rings is 2. The number of rotatable bonds is 5. The molecule has 0 aliphatic carbocycles. The molecule has 3 nitrogen and oxygen atoms in total. The van der Waals surface area contributed by atoms with Crippen molar-refractivity contribution in [2.24, 2.45) is 0 Å². The summed E-state index contributed by atoms with van der Waals surface area (Å²) >= 11 is 0. The zero-order valence-electron chi connectivity index (χ0n) is 12.7. The van der Waals surface area contributed by atoms with Crippen LogP contribution in [0.2, 0.25) is 0 Å². The topological polar surface area (TPSA) is 44.9 Å². The number of hydrogen-bond donors (Lipinski definition) is 2. The van der Waals surface area contributed by atoms with Gasteiger partial charge in [-0.2, -0.15) is 0 Å². The van der Waals surface area contributed by atoms with Crippen LogP contribution in [0.4, 0.5) is 0 Å². The van der Waals surface area contributed by atoms with Crippen molar-refractivity contribution < 1.29 is 4.79 Å². The quantitative estimate of drug-likeness (QED) is 0.744. The van der Waals surface area contributed by atoms with Crippen molar-refractivity contribution >= 4 is 16.8 Å². The van der Waals surface area contributed by atoms with Gasteiger partial charge in [-0.15, -0.1) is 0 Å². The summed E-state index contributed by atoms with van der Waals surface area (Å²) < 4.78 is 0. The van der Waals surface area contributed by atoms with Gasteiger partial charge in [-0.25, -0.2) is 0 Å². The molecule has 3 heteroatoms. The lowest BCUT2D eigenvalue weighted by molar-refractivity contribution is -0.120. The first-order valence-corrected chi connectivity index (χ1v) is 7.59. The van der Waals surface area contributed by atoms with E-state index in [4.69, 9.17) is 0 Å². The second-order valence-electron chi connectivity index (χ2n) is 5.63. The van der Waals surface area contributed by atoms with E-state index in [1.807, 2.05) is 43.5 Å². The average Bonchev–Trinajstić information content (AvgIpc) is 2.91. The molecule has 0 spiro atoms. The van der Waals surface area contributed by atoms with Gasteiger partial charge in [0.2, 0.25) is 5.91 Å². The minimum absolute atomic E-state index is 0.0745.